The second-order valence-corrected chi connectivity index (χ2v) is 7.07. The van der Waals surface area contributed by atoms with Crippen LogP contribution < -0.4 is 5.32 Å². The highest BCUT2D eigenvalue weighted by Gasteiger charge is 2.33. The van der Waals surface area contributed by atoms with Gasteiger partial charge in [0.15, 0.2) is 0 Å². The summed E-state index contributed by atoms with van der Waals surface area (Å²) in [5.74, 6) is 2.66. The molecule has 0 aromatic heterocycles. The third-order valence-electron chi connectivity index (χ3n) is 4.18. The van der Waals surface area contributed by atoms with Crippen LogP contribution in [0, 0.1) is 5.41 Å². The molecule has 1 atom stereocenters. The fourth-order valence-electron chi connectivity index (χ4n) is 2.93. The van der Waals surface area contributed by atoms with Crippen LogP contribution in [-0.4, -0.2) is 48.6 Å². The van der Waals surface area contributed by atoms with Crippen LogP contribution in [-0.2, 0) is 0 Å². The van der Waals surface area contributed by atoms with Gasteiger partial charge >= 0.3 is 0 Å². The Kier molecular flexibility index (Phi) is 4.57. The van der Waals surface area contributed by atoms with E-state index in [1.54, 1.807) is 0 Å². The third kappa shape index (κ3) is 3.38. The molecule has 2 rings (SSSR count). The number of hydrogen-bond acceptors (Lipinski definition) is 3. The monoisotopic (exact) mass is 242 g/mol. The predicted molar refractivity (Wildman–Crippen MR) is 73.2 cm³/mol. The smallest absolute Gasteiger partial charge is 0.0119 e. The fourth-order valence-corrected chi connectivity index (χ4v) is 3.91. The fraction of sp³-hybridized carbons (Fsp3) is 1.00. The minimum atomic E-state index is 0.526. The van der Waals surface area contributed by atoms with Gasteiger partial charge in [0.1, 0.15) is 0 Å². The lowest BCUT2D eigenvalue weighted by atomic mass is 9.87. The van der Waals surface area contributed by atoms with E-state index in [0.717, 1.165) is 6.04 Å². The van der Waals surface area contributed by atoms with Gasteiger partial charge in [0.2, 0.25) is 0 Å². The van der Waals surface area contributed by atoms with E-state index in [9.17, 15) is 0 Å². The summed E-state index contributed by atoms with van der Waals surface area (Å²) in [6, 6.07) is 0.756. The van der Waals surface area contributed by atoms with Gasteiger partial charge in [-0.2, -0.15) is 11.8 Å². The molecule has 1 saturated heterocycles. The van der Waals surface area contributed by atoms with E-state index in [0.29, 0.717) is 5.41 Å². The molecule has 94 valence electrons. The highest BCUT2D eigenvalue weighted by atomic mass is 32.2. The second-order valence-electron chi connectivity index (χ2n) is 5.84. The van der Waals surface area contributed by atoms with E-state index in [4.69, 9.17) is 0 Å². The summed E-state index contributed by atoms with van der Waals surface area (Å²) in [7, 11) is 0. The van der Waals surface area contributed by atoms with Crippen molar-refractivity contribution in [3.8, 4) is 0 Å². The molecular formula is C13H26N2S. The maximum atomic E-state index is 3.77. The third-order valence-corrected chi connectivity index (χ3v) is 5.12. The molecule has 0 aromatic carbocycles. The molecule has 2 aliphatic rings. The van der Waals surface area contributed by atoms with Gasteiger partial charge in [-0.15, -0.1) is 0 Å². The Morgan fingerprint density at radius 3 is 2.69 bits per heavy atom. The molecule has 1 aliphatic carbocycles. The van der Waals surface area contributed by atoms with Crippen molar-refractivity contribution < 1.29 is 0 Å². The molecule has 1 heterocycles. The molecule has 1 saturated carbocycles. The summed E-state index contributed by atoms with van der Waals surface area (Å²) in [6.07, 6.45) is 4.18. The summed E-state index contributed by atoms with van der Waals surface area (Å²) < 4.78 is 0. The van der Waals surface area contributed by atoms with Gasteiger partial charge < -0.3 is 10.2 Å². The van der Waals surface area contributed by atoms with Crippen molar-refractivity contribution in [3.05, 3.63) is 0 Å². The largest absolute Gasteiger partial charge is 0.312 e. The average Bonchev–Trinajstić information content (AvgIpc) is 2.60. The molecular weight excluding hydrogens is 216 g/mol. The maximum Gasteiger partial charge on any atom is 0.0119 e. The molecule has 1 N–H and O–H groups in total. The van der Waals surface area contributed by atoms with Crippen LogP contribution in [0.3, 0.4) is 0 Å². The van der Waals surface area contributed by atoms with Crippen molar-refractivity contribution in [2.75, 3.05) is 37.7 Å². The van der Waals surface area contributed by atoms with Gasteiger partial charge in [0.25, 0.3) is 0 Å². The molecule has 0 bridgehead atoms. The molecule has 0 spiro atoms. The Labute approximate surface area is 105 Å². The van der Waals surface area contributed by atoms with Gasteiger partial charge in [-0.3, -0.25) is 0 Å². The lowest BCUT2D eigenvalue weighted by Crippen LogP contribution is -2.43. The van der Waals surface area contributed by atoms with Gasteiger partial charge in [-0.05, 0) is 18.3 Å². The highest BCUT2D eigenvalue weighted by Crippen LogP contribution is 2.36. The van der Waals surface area contributed by atoms with Gasteiger partial charge in [-0.1, -0.05) is 20.3 Å². The standard InChI is InChI=1S/C13H26N2S/c1-13(2)5-3-4-12(13)14-6-7-15-8-10-16-11-9-15/h12,14H,3-11H2,1-2H3. The molecule has 2 fully saturated rings. The minimum Gasteiger partial charge on any atom is -0.312 e. The Hall–Kier alpha value is 0.270. The lowest BCUT2D eigenvalue weighted by Gasteiger charge is -2.30. The number of rotatable bonds is 4. The Morgan fingerprint density at radius 1 is 1.31 bits per heavy atom. The normalized spacial score (nSPS) is 30.8. The molecule has 2 nitrogen and oxygen atoms in total. The SMILES string of the molecule is CC1(C)CCCC1NCCN1CCSCC1. The van der Waals surface area contributed by atoms with E-state index < -0.39 is 0 Å². The molecule has 0 amide bonds. The van der Waals surface area contributed by atoms with Crippen molar-refractivity contribution in [2.24, 2.45) is 5.41 Å². The molecule has 0 radical (unpaired) electrons. The molecule has 1 aliphatic heterocycles. The zero-order valence-corrected chi connectivity index (χ0v) is 11.6. The van der Waals surface area contributed by atoms with Crippen LogP contribution in [0.25, 0.3) is 0 Å². The first kappa shape index (κ1) is 12.7. The molecule has 3 heteroatoms. The van der Waals surface area contributed by atoms with Crippen LogP contribution in [0.2, 0.25) is 0 Å². The molecule has 16 heavy (non-hydrogen) atoms. The van der Waals surface area contributed by atoms with Gasteiger partial charge in [-0.25, -0.2) is 0 Å². The van der Waals surface area contributed by atoms with Crippen molar-refractivity contribution in [1.29, 1.82) is 0 Å². The number of nitrogens with one attached hydrogen (secondary N) is 1. The first-order valence-electron chi connectivity index (χ1n) is 6.72. The van der Waals surface area contributed by atoms with Crippen molar-refractivity contribution in [3.63, 3.8) is 0 Å². The minimum absolute atomic E-state index is 0.526. The summed E-state index contributed by atoms with van der Waals surface area (Å²) in [5, 5.41) is 3.77. The van der Waals surface area contributed by atoms with Crippen molar-refractivity contribution in [2.45, 2.75) is 39.2 Å². The number of hydrogen-bond donors (Lipinski definition) is 1. The van der Waals surface area contributed by atoms with Gasteiger partial charge in [0.05, 0.1) is 0 Å². The van der Waals surface area contributed by atoms with Crippen LogP contribution in [0.4, 0.5) is 0 Å². The highest BCUT2D eigenvalue weighted by molar-refractivity contribution is 7.99. The van der Waals surface area contributed by atoms with Crippen LogP contribution in [0.1, 0.15) is 33.1 Å². The van der Waals surface area contributed by atoms with Crippen LogP contribution in [0.5, 0.6) is 0 Å². The predicted octanol–water partition coefficient (Wildman–Crippen LogP) is 2.20. The van der Waals surface area contributed by atoms with E-state index >= 15 is 0 Å². The van der Waals surface area contributed by atoms with E-state index in [-0.39, 0.29) is 0 Å². The number of thioether (sulfide) groups is 1. The van der Waals surface area contributed by atoms with Crippen LogP contribution >= 0.6 is 11.8 Å². The second kappa shape index (κ2) is 5.74. The lowest BCUT2D eigenvalue weighted by molar-refractivity contribution is 0.254. The van der Waals surface area contributed by atoms with E-state index in [1.807, 2.05) is 0 Å². The average molecular weight is 242 g/mol. The first-order valence-corrected chi connectivity index (χ1v) is 7.87. The van der Waals surface area contributed by atoms with Crippen molar-refractivity contribution in [1.82, 2.24) is 10.2 Å². The zero-order chi connectivity index (χ0) is 11.4. The van der Waals surface area contributed by atoms with E-state index in [1.165, 1.54) is 56.9 Å². The summed E-state index contributed by atoms with van der Waals surface area (Å²) >= 11 is 2.10. The topological polar surface area (TPSA) is 15.3 Å². The zero-order valence-electron chi connectivity index (χ0n) is 10.8. The molecule has 1 unspecified atom stereocenters. The Morgan fingerprint density at radius 2 is 2.06 bits per heavy atom. The summed E-state index contributed by atoms with van der Waals surface area (Å²) in [6.45, 7) is 9.83. The maximum absolute atomic E-state index is 3.77. The summed E-state index contributed by atoms with van der Waals surface area (Å²) in [5.41, 5.74) is 0.526. The van der Waals surface area contributed by atoms with Gasteiger partial charge in [0, 0.05) is 43.7 Å². The quantitative estimate of drug-likeness (QED) is 0.814. The summed E-state index contributed by atoms with van der Waals surface area (Å²) in [4.78, 5) is 2.60. The Bertz CT molecular complexity index is 212. The first-order chi connectivity index (χ1) is 7.68. The number of nitrogens with zero attached hydrogens (tertiary/aromatic N) is 1. The van der Waals surface area contributed by atoms with E-state index in [2.05, 4.69) is 35.8 Å². The van der Waals surface area contributed by atoms with Crippen molar-refractivity contribution >= 4 is 11.8 Å². The van der Waals surface area contributed by atoms with Crippen LogP contribution in [0.15, 0.2) is 0 Å². The Balaban J connectivity index is 1.63. The molecule has 0 aromatic rings.